The lowest BCUT2D eigenvalue weighted by Crippen LogP contribution is -2.50. The van der Waals surface area contributed by atoms with Crippen LogP contribution in [0.4, 0.5) is 0 Å². The Morgan fingerprint density at radius 3 is 2.48 bits per heavy atom. The summed E-state index contributed by atoms with van der Waals surface area (Å²) >= 11 is 0. The third-order valence-corrected chi connectivity index (χ3v) is 6.77. The molecule has 0 bridgehead atoms. The predicted octanol–water partition coefficient (Wildman–Crippen LogP) is 6.00. The van der Waals surface area contributed by atoms with E-state index in [0.717, 1.165) is 37.2 Å². The molecule has 3 atom stereocenters. The molecule has 3 heteroatoms. The van der Waals surface area contributed by atoms with Gasteiger partial charge in [0.2, 0.25) is 0 Å². The van der Waals surface area contributed by atoms with Gasteiger partial charge in [0.05, 0.1) is 12.6 Å². The number of hydrogen-bond donors (Lipinski definition) is 0. The van der Waals surface area contributed by atoms with Crippen molar-refractivity contribution in [3.63, 3.8) is 0 Å². The predicted molar refractivity (Wildman–Crippen MR) is 126 cm³/mol. The second-order valence-electron chi connectivity index (χ2n) is 9.94. The first-order valence-electron chi connectivity index (χ1n) is 11.5. The van der Waals surface area contributed by atoms with Gasteiger partial charge in [-0.15, -0.1) is 0 Å². The van der Waals surface area contributed by atoms with Crippen molar-refractivity contribution in [2.45, 2.75) is 77.4 Å². The first kappa shape index (κ1) is 21.9. The van der Waals surface area contributed by atoms with E-state index in [4.69, 9.17) is 9.47 Å². The van der Waals surface area contributed by atoms with Gasteiger partial charge in [-0.3, -0.25) is 4.90 Å². The van der Waals surface area contributed by atoms with Gasteiger partial charge in [-0.1, -0.05) is 60.4 Å². The summed E-state index contributed by atoms with van der Waals surface area (Å²) in [6.45, 7) is 12.6. The minimum Gasteiger partial charge on any atom is -0.487 e. The Kier molecular flexibility index (Phi) is 6.15. The van der Waals surface area contributed by atoms with Gasteiger partial charge in [-0.2, -0.15) is 0 Å². The maximum Gasteiger partial charge on any atom is 0.126 e. The highest BCUT2D eigenvalue weighted by Gasteiger charge is 2.49. The Bertz CT molecular complexity index is 956. The average Bonchev–Trinajstić information content (AvgIpc) is 2.73. The monoisotopic (exact) mass is 417 g/mol. The van der Waals surface area contributed by atoms with E-state index in [9.17, 15) is 0 Å². The van der Waals surface area contributed by atoms with Crippen molar-refractivity contribution in [2.24, 2.45) is 5.92 Å². The van der Waals surface area contributed by atoms with E-state index >= 15 is 0 Å². The number of para-hydroxylation sites is 1. The third kappa shape index (κ3) is 4.81. The molecular formula is C28H35NO2. The molecule has 164 valence electrons. The second kappa shape index (κ2) is 8.69. The van der Waals surface area contributed by atoms with Gasteiger partial charge in [0.1, 0.15) is 17.0 Å². The average molecular weight is 418 g/mol. The van der Waals surface area contributed by atoms with E-state index in [1.54, 1.807) is 0 Å². The molecule has 0 aliphatic carbocycles. The van der Waals surface area contributed by atoms with Crippen LogP contribution in [0.25, 0.3) is 0 Å². The highest BCUT2D eigenvalue weighted by Crippen LogP contribution is 2.52. The molecule has 0 unspecified atom stereocenters. The number of fused-ring (bicyclic) bond motifs is 3. The Morgan fingerprint density at radius 2 is 1.74 bits per heavy atom. The fraction of sp³-hybridized carbons (Fsp3) is 0.500. The summed E-state index contributed by atoms with van der Waals surface area (Å²) in [5, 5.41) is 0. The van der Waals surface area contributed by atoms with Crippen molar-refractivity contribution in [1.82, 2.24) is 4.90 Å². The Labute approximate surface area is 187 Å². The van der Waals surface area contributed by atoms with Crippen LogP contribution in [0.5, 0.6) is 5.75 Å². The van der Waals surface area contributed by atoms with Crippen LogP contribution in [0, 0.1) is 17.8 Å². The van der Waals surface area contributed by atoms with Crippen LogP contribution in [0.2, 0.25) is 0 Å². The van der Waals surface area contributed by atoms with Gasteiger partial charge in [0, 0.05) is 24.1 Å². The molecule has 1 fully saturated rings. The van der Waals surface area contributed by atoms with E-state index in [1.807, 2.05) is 6.07 Å². The molecule has 0 spiro atoms. The van der Waals surface area contributed by atoms with E-state index < -0.39 is 5.60 Å². The van der Waals surface area contributed by atoms with E-state index in [1.165, 1.54) is 5.56 Å². The zero-order valence-electron chi connectivity index (χ0n) is 19.5. The smallest absolute Gasteiger partial charge is 0.126 e. The highest BCUT2D eigenvalue weighted by molar-refractivity contribution is 5.39. The van der Waals surface area contributed by atoms with Crippen molar-refractivity contribution in [3.05, 3.63) is 65.7 Å². The van der Waals surface area contributed by atoms with Gasteiger partial charge in [0.25, 0.3) is 0 Å². The number of hydrogen-bond acceptors (Lipinski definition) is 3. The van der Waals surface area contributed by atoms with Crippen LogP contribution in [0.15, 0.2) is 54.6 Å². The van der Waals surface area contributed by atoms with Gasteiger partial charge < -0.3 is 9.47 Å². The van der Waals surface area contributed by atoms with Crippen molar-refractivity contribution < 1.29 is 9.47 Å². The van der Waals surface area contributed by atoms with Gasteiger partial charge in [-0.25, -0.2) is 0 Å². The summed E-state index contributed by atoms with van der Waals surface area (Å²) in [6.07, 6.45) is 2.00. The van der Waals surface area contributed by atoms with Crippen molar-refractivity contribution in [1.29, 1.82) is 0 Å². The number of rotatable bonds is 4. The summed E-state index contributed by atoms with van der Waals surface area (Å²) in [6, 6.07) is 19.3. The lowest BCUT2D eigenvalue weighted by molar-refractivity contribution is -0.169. The minimum absolute atomic E-state index is 0.0264. The molecule has 2 aromatic carbocycles. The van der Waals surface area contributed by atoms with Gasteiger partial charge in [-0.05, 0) is 59.1 Å². The second-order valence-corrected chi connectivity index (χ2v) is 9.94. The van der Waals surface area contributed by atoms with Crippen LogP contribution in [-0.2, 0) is 11.3 Å². The number of ether oxygens (including phenoxy) is 2. The lowest BCUT2D eigenvalue weighted by Gasteiger charge is -2.50. The Hall–Kier alpha value is -2.28. The quantitative estimate of drug-likeness (QED) is 0.570. The Morgan fingerprint density at radius 1 is 1.03 bits per heavy atom. The molecular weight excluding hydrogens is 382 g/mol. The zero-order valence-corrected chi connectivity index (χ0v) is 19.5. The topological polar surface area (TPSA) is 21.7 Å². The maximum atomic E-state index is 6.73. The molecule has 0 saturated carbocycles. The first-order valence-corrected chi connectivity index (χ1v) is 11.5. The van der Waals surface area contributed by atoms with E-state index in [2.05, 4.69) is 99.9 Å². The molecule has 3 nitrogen and oxygen atoms in total. The van der Waals surface area contributed by atoms with Crippen LogP contribution >= 0.6 is 0 Å². The highest BCUT2D eigenvalue weighted by atomic mass is 16.5. The number of nitrogens with zero attached hydrogens (tertiary/aromatic N) is 1. The largest absolute Gasteiger partial charge is 0.487 e. The van der Waals surface area contributed by atoms with E-state index in [0.29, 0.717) is 12.0 Å². The molecule has 2 aromatic rings. The van der Waals surface area contributed by atoms with Gasteiger partial charge in [0.15, 0.2) is 0 Å². The lowest BCUT2D eigenvalue weighted by atomic mass is 9.73. The number of benzene rings is 2. The zero-order chi connectivity index (χ0) is 22.1. The molecule has 2 heterocycles. The molecule has 4 rings (SSSR count). The summed E-state index contributed by atoms with van der Waals surface area (Å²) in [5.74, 6) is 8.24. The third-order valence-electron chi connectivity index (χ3n) is 6.77. The molecule has 31 heavy (non-hydrogen) atoms. The molecule has 0 amide bonds. The maximum absolute atomic E-state index is 6.73. The van der Waals surface area contributed by atoms with E-state index in [-0.39, 0.29) is 11.7 Å². The summed E-state index contributed by atoms with van der Waals surface area (Å²) in [4.78, 5) is 2.41. The molecule has 0 N–H and O–H groups in total. The van der Waals surface area contributed by atoms with Crippen molar-refractivity contribution in [3.8, 4) is 17.6 Å². The molecule has 2 aliphatic heterocycles. The Balaban J connectivity index is 1.50. The van der Waals surface area contributed by atoms with Crippen molar-refractivity contribution in [2.75, 3.05) is 6.54 Å². The van der Waals surface area contributed by atoms with Crippen molar-refractivity contribution >= 4 is 0 Å². The molecule has 2 aliphatic rings. The van der Waals surface area contributed by atoms with Crippen LogP contribution in [0.1, 0.15) is 64.7 Å². The SMILES string of the molecule is CC(C)N(CC#C[C@@]1(C)CC[C@H]2[C@@H](O1)c1ccccc1OC2(C)C)Cc1ccccc1. The van der Waals surface area contributed by atoms with Crippen LogP contribution < -0.4 is 4.74 Å². The molecule has 1 saturated heterocycles. The van der Waals surface area contributed by atoms with Gasteiger partial charge >= 0.3 is 0 Å². The van der Waals surface area contributed by atoms with Crippen LogP contribution in [-0.4, -0.2) is 28.7 Å². The summed E-state index contributed by atoms with van der Waals surface area (Å²) in [5.41, 5.74) is 1.81. The molecule has 0 radical (unpaired) electrons. The summed E-state index contributed by atoms with van der Waals surface area (Å²) in [7, 11) is 0. The standard InChI is InChI=1S/C28H35NO2/c1-21(2)29(20-22-12-7-6-8-13-22)19-11-17-28(5)18-16-24-26(31-28)23-14-9-10-15-25(23)30-27(24,3)4/h6-10,12-15,21,24,26H,16,18-20H2,1-5H3/t24-,26-,28-/m0/s1. The fourth-order valence-electron chi connectivity index (χ4n) is 4.82. The van der Waals surface area contributed by atoms with Crippen LogP contribution in [0.3, 0.4) is 0 Å². The first-order chi connectivity index (χ1) is 14.8. The fourth-order valence-corrected chi connectivity index (χ4v) is 4.82. The summed E-state index contributed by atoms with van der Waals surface area (Å²) < 4.78 is 13.1. The minimum atomic E-state index is -0.433. The normalized spacial score (nSPS) is 26.4. The molecule has 0 aromatic heterocycles.